The summed E-state index contributed by atoms with van der Waals surface area (Å²) in [6, 6.07) is 9.52. The van der Waals surface area contributed by atoms with Crippen LogP contribution in [0.4, 0.5) is 0 Å². The van der Waals surface area contributed by atoms with Crippen LogP contribution in [0, 0.1) is 0 Å². The maximum atomic E-state index is 11.8. The van der Waals surface area contributed by atoms with E-state index in [9.17, 15) is 14.7 Å². The number of allylic oxidation sites excluding steroid dienone is 1. The Morgan fingerprint density at radius 1 is 1.35 bits per heavy atom. The number of ketones is 1. The van der Waals surface area contributed by atoms with Crippen LogP contribution >= 0.6 is 0 Å². The summed E-state index contributed by atoms with van der Waals surface area (Å²) in [5.41, 5.74) is 0.947. The molecule has 0 saturated carbocycles. The molecule has 2 atom stereocenters. The zero-order valence-corrected chi connectivity index (χ0v) is 12.8. The second-order valence-corrected chi connectivity index (χ2v) is 5.35. The van der Waals surface area contributed by atoms with Crippen molar-refractivity contribution < 1.29 is 19.4 Å². The van der Waals surface area contributed by atoms with Crippen LogP contribution in [0.5, 0.6) is 0 Å². The number of ether oxygens (including phenoxy) is 1. The molecule has 1 N–H and O–H groups in total. The third kappa shape index (κ3) is 6.45. The maximum absolute atomic E-state index is 11.8. The lowest BCUT2D eigenvalue weighted by Gasteiger charge is -2.14. The van der Waals surface area contributed by atoms with Gasteiger partial charge in [0.05, 0.1) is 6.10 Å². The third-order valence-electron chi connectivity index (χ3n) is 3.35. The Hall–Kier alpha value is -2.46. The van der Waals surface area contributed by atoms with Gasteiger partial charge in [0.2, 0.25) is 0 Å². The zero-order valence-electron chi connectivity index (χ0n) is 12.8. The number of carbonyl (C=O) groups is 2. The molecule has 1 aliphatic heterocycles. The van der Waals surface area contributed by atoms with Gasteiger partial charge >= 0.3 is 5.97 Å². The molecule has 0 fully saturated rings. The van der Waals surface area contributed by atoms with Crippen molar-refractivity contribution in [3.8, 4) is 0 Å². The van der Waals surface area contributed by atoms with Gasteiger partial charge in [0.15, 0.2) is 5.78 Å². The molecule has 120 valence electrons. The van der Waals surface area contributed by atoms with Crippen LogP contribution in [0.2, 0.25) is 0 Å². The molecule has 1 aliphatic rings. The number of rotatable bonds is 7. The Balaban J connectivity index is 1.72. The van der Waals surface area contributed by atoms with E-state index < -0.39 is 6.10 Å². The molecule has 2 rings (SSSR count). The molecule has 4 heteroatoms. The number of aliphatic hydroxyl groups excluding tert-OH is 1. The van der Waals surface area contributed by atoms with Crippen LogP contribution in [0.1, 0.15) is 24.8 Å². The monoisotopic (exact) mass is 312 g/mol. The van der Waals surface area contributed by atoms with Crippen molar-refractivity contribution in [1.82, 2.24) is 0 Å². The van der Waals surface area contributed by atoms with Crippen molar-refractivity contribution >= 4 is 17.8 Å². The van der Waals surface area contributed by atoms with E-state index in [0.717, 1.165) is 5.56 Å². The summed E-state index contributed by atoms with van der Waals surface area (Å²) in [6.45, 7) is 0. The number of benzene rings is 1. The number of esters is 1. The molecule has 4 nitrogen and oxygen atoms in total. The Morgan fingerprint density at radius 2 is 2.13 bits per heavy atom. The van der Waals surface area contributed by atoms with Crippen molar-refractivity contribution in [2.75, 3.05) is 0 Å². The van der Waals surface area contributed by atoms with Crippen LogP contribution < -0.4 is 0 Å². The van der Waals surface area contributed by atoms with Crippen molar-refractivity contribution in [3.05, 3.63) is 66.3 Å². The molecule has 0 unspecified atom stereocenters. The Bertz CT molecular complexity index is 614. The van der Waals surface area contributed by atoms with E-state index in [2.05, 4.69) is 0 Å². The van der Waals surface area contributed by atoms with Crippen molar-refractivity contribution in [1.29, 1.82) is 0 Å². The molecule has 0 amide bonds. The van der Waals surface area contributed by atoms with Gasteiger partial charge in [-0.15, -0.1) is 0 Å². The minimum absolute atomic E-state index is 0.0675. The number of aliphatic hydroxyl groups is 1. The van der Waals surface area contributed by atoms with E-state index in [4.69, 9.17) is 4.74 Å². The Morgan fingerprint density at radius 3 is 2.87 bits per heavy atom. The summed E-state index contributed by atoms with van der Waals surface area (Å²) in [4.78, 5) is 22.8. The number of hydrogen-bond donors (Lipinski definition) is 1. The van der Waals surface area contributed by atoms with E-state index in [1.165, 1.54) is 12.2 Å². The van der Waals surface area contributed by atoms with Gasteiger partial charge in [0, 0.05) is 18.9 Å². The predicted molar refractivity (Wildman–Crippen MR) is 88.5 cm³/mol. The zero-order chi connectivity index (χ0) is 16.5. The molecule has 1 aromatic rings. The van der Waals surface area contributed by atoms with Crippen LogP contribution in [0.3, 0.4) is 0 Å². The Kier molecular flexibility index (Phi) is 6.51. The van der Waals surface area contributed by atoms with Gasteiger partial charge in [-0.3, -0.25) is 4.79 Å². The predicted octanol–water partition coefficient (Wildman–Crippen LogP) is 2.84. The van der Waals surface area contributed by atoms with E-state index in [1.54, 1.807) is 24.3 Å². The van der Waals surface area contributed by atoms with E-state index in [-0.39, 0.29) is 24.3 Å². The van der Waals surface area contributed by atoms with Crippen LogP contribution in [-0.2, 0) is 14.3 Å². The highest BCUT2D eigenvalue weighted by Crippen LogP contribution is 2.10. The Labute approximate surface area is 135 Å². The second-order valence-electron chi connectivity index (χ2n) is 5.35. The highest BCUT2D eigenvalue weighted by atomic mass is 16.5. The third-order valence-corrected chi connectivity index (χ3v) is 3.35. The summed E-state index contributed by atoms with van der Waals surface area (Å²) in [5.74, 6) is -0.477. The molecule has 0 aliphatic carbocycles. The highest BCUT2D eigenvalue weighted by Gasteiger charge is 2.13. The average Bonchev–Trinajstić information content (AvgIpc) is 2.54. The maximum Gasteiger partial charge on any atom is 0.331 e. The fourth-order valence-corrected chi connectivity index (χ4v) is 2.18. The van der Waals surface area contributed by atoms with E-state index >= 15 is 0 Å². The van der Waals surface area contributed by atoms with Gasteiger partial charge in [0.25, 0.3) is 0 Å². The topological polar surface area (TPSA) is 63.6 Å². The first kappa shape index (κ1) is 16.9. The molecule has 0 spiro atoms. The first-order chi connectivity index (χ1) is 11.1. The molecule has 0 bridgehead atoms. The van der Waals surface area contributed by atoms with E-state index in [0.29, 0.717) is 12.8 Å². The van der Waals surface area contributed by atoms with E-state index in [1.807, 2.05) is 30.3 Å². The SMILES string of the molecule is O=C(/C=C/c1ccccc1)C[C@@H](O)C/C=C/[C@H]1CC=CC(=O)O1. The summed E-state index contributed by atoms with van der Waals surface area (Å²) in [5, 5.41) is 9.87. The number of hydrogen-bond acceptors (Lipinski definition) is 4. The normalized spacial score (nSPS) is 19.2. The van der Waals surface area contributed by atoms with Gasteiger partial charge < -0.3 is 9.84 Å². The smallest absolute Gasteiger partial charge is 0.331 e. The van der Waals surface area contributed by atoms with Gasteiger partial charge in [-0.25, -0.2) is 4.79 Å². The average molecular weight is 312 g/mol. The molecule has 1 heterocycles. The second kappa shape index (κ2) is 8.86. The number of cyclic esters (lactones) is 1. The molecule has 0 aromatic heterocycles. The lowest BCUT2D eigenvalue weighted by Crippen LogP contribution is -2.17. The van der Waals surface area contributed by atoms with Gasteiger partial charge in [-0.1, -0.05) is 48.6 Å². The van der Waals surface area contributed by atoms with Crippen LogP contribution in [0.15, 0.2) is 60.7 Å². The molecular weight excluding hydrogens is 292 g/mol. The molecular formula is C19H20O4. The van der Waals surface area contributed by atoms with Gasteiger partial charge in [-0.2, -0.15) is 0 Å². The summed E-state index contributed by atoms with van der Waals surface area (Å²) in [7, 11) is 0. The molecule has 1 aromatic carbocycles. The highest BCUT2D eigenvalue weighted by molar-refractivity contribution is 5.93. The van der Waals surface area contributed by atoms with Gasteiger partial charge in [0.1, 0.15) is 6.10 Å². The fourth-order valence-electron chi connectivity index (χ4n) is 2.18. The molecule has 0 saturated heterocycles. The summed E-state index contributed by atoms with van der Waals surface area (Å²) in [6.07, 6.45) is 9.89. The molecule has 23 heavy (non-hydrogen) atoms. The minimum Gasteiger partial charge on any atom is -0.455 e. The summed E-state index contributed by atoms with van der Waals surface area (Å²) < 4.78 is 5.06. The van der Waals surface area contributed by atoms with Crippen molar-refractivity contribution in [2.45, 2.75) is 31.5 Å². The number of carbonyl (C=O) groups excluding carboxylic acids is 2. The largest absolute Gasteiger partial charge is 0.455 e. The lowest BCUT2D eigenvalue weighted by molar-refractivity contribution is -0.141. The fraction of sp³-hybridized carbons (Fsp3) is 0.263. The van der Waals surface area contributed by atoms with Crippen LogP contribution in [-0.4, -0.2) is 29.1 Å². The van der Waals surface area contributed by atoms with Crippen molar-refractivity contribution in [2.24, 2.45) is 0 Å². The first-order valence-electron chi connectivity index (χ1n) is 7.61. The van der Waals surface area contributed by atoms with Crippen molar-refractivity contribution in [3.63, 3.8) is 0 Å². The summed E-state index contributed by atoms with van der Waals surface area (Å²) >= 11 is 0. The first-order valence-corrected chi connectivity index (χ1v) is 7.61. The van der Waals surface area contributed by atoms with Gasteiger partial charge in [-0.05, 0) is 24.1 Å². The standard InChI is InChI=1S/C19H20O4/c20-16(8-4-9-18-10-5-11-19(22)23-18)14-17(21)13-12-15-6-2-1-3-7-15/h1-7,9,11-13,16,18,20H,8,10,14H2/b9-4+,13-12+/t16-,18-/m0/s1. The minimum atomic E-state index is -0.742. The van der Waals surface area contributed by atoms with Crippen LogP contribution in [0.25, 0.3) is 6.08 Å². The molecule has 0 radical (unpaired) electrons. The quantitative estimate of drug-likeness (QED) is 0.478. The lowest BCUT2D eigenvalue weighted by atomic mass is 10.1.